The van der Waals surface area contributed by atoms with E-state index in [1.54, 1.807) is 0 Å². The van der Waals surface area contributed by atoms with Crippen molar-refractivity contribution in [3.05, 3.63) is 72.2 Å². The van der Waals surface area contributed by atoms with Gasteiger partial charge in [0.05, 0.1) is 19.3 Å². The zero-order valence-electron chi connectivity index (χ0n) is 19.5. The number of fused-ring (bicyclic) bond motifs is 6. The van der Waals surface area contributed by atoms with E-state index in [1.165, 1.54) is 16.0 Å². The molecule has 0 radical (unpaired) electrons. The molecule has 4 nitrogen and oxygen atoms in total. The van der Waals surface area contributed by atoms with Crippen LogP contribution in [0.4, 0.5) is 0 Å². The molecule has 3 aromatic heterocycles. The fourth-order valence-electron chi connectivity index (χ4n) is 4.86. The molecule has 33 heavy (non-hydrogen) atoms. The summed E-state index contributed by atoms with van der Waals surface area (Å²) in [6.07, 6.45) is 0. The minimum Gasteiger partial charge on any atom is -0.437 e. The Labute approximate surface area is 193 Å². The van der Waals surface area contributed by atoms with Crippen molar-refractivity contribution >= 4 is 57.0 Å². The molecule has 0 saturated heterocycles. The standard InChI is InChI=1S/C28H25N3OSi/c1-16-12-14-20-19-9-7-10-22(27(19)32-28(20)29-16)25-21-15-13-18-8-6-11-23(33(3,4)5)24(18)26(21)31-17(2)30-25/h6-15H,1-5H3. The summed E-state index contributed by atoms with van der Waals surface area (Å²) >= 11 is 0. The fourth-order valence-corrected chi connectivity index (χ4v) is 6.47. The third-order valence-corrected chi connectivity index (χ3v) is 8.42. The van der Waals surface area contributed by atoms with Crippen LogP contribution in [0.5, 0.6) is 0 Å². The molecule has 162 valence electrons. The van der Waals surface area contributed by atoms with Crippen LogP contribution in [-0.2, 0) is 0 Å². The number of nitrogens with zero attached hydrogens (tertiary/aromatic N) is 3. The van der Waals surface area contributed by atoms with E-state index in [2.05, 4.69) is 79.2 Å². The molecule has 3 heterocycles. The number of pyridine rings is 1. The average molecular weight is 448 g/mol. The Morgan fingerprint density at radius 2 is 1.52 bits per heavy atom. The van der Waals surface area contributed by atoms with Gasteiger partial charge in [-0.2, -0.15) is 0 Å². The lowest BCUT2D eigenvalue weighted by Gasteiger charge is -2.20. The highest BCUT2D eigenvalue weighted by atomic mass is 28.3. The van der Waals surface area contributed by atoms with E-state index in [4.69, 9.17) is 14.4 Å². The van der Waals surface area contributed by atoms with Gasteiger partial charge < -0.3 is 4.42 Å². The van der Waals surface area contributed by atoms with Gasteiger partial charge in [-0.1, -0.05) is 61.2 Å². The monoisotopic (exact) mass is 447 g/mol. The van der Waals surface area contributed by atoms with Gasteiger partial charge in [-0.3, -0.25) is 0 Å². The van der Waals surface area contributed by atoms with E-state index in [-0.39, 0.29) is 0 Å². The van der Waals surface area contributed by atoms with E-state index in [0.717, 1.165) is 50.0 Å². The van der Waals surface area contributed by atoms with Crippen molar-refractivity contribution < 1.29 is 4.42 Å². The molecule has 6 aromatic rings. The number of rotatable bonds is 2. The first-order chi connectivity index (χ1) is 15.8. The third-order valence-electron chi connectivity index (χ3n) is 6.39. The number of para-hydroxylation sites is 1. The molecule has 0 saturated carbocycles. The minimum absolute atomic E-state index is 0.666. The summed E-state index contributed by atoms with van der Waals surface area (Å²) in [6.45, 7) is 11.1. The Morgan fingerprint density at radius 3 is 2.33 bits per heavy atom. The van der Waals surface area contributed by atoms with Crippen molar-refractivity contribution in [3.63, 3.8) is 0 Å². The lowest BCUT2D eigenvalue weighted by Crippen LogP contribution is -2.38. The van der Waals surface area contributed by atoms with Crippen LogP contribution < -0.4 is 5.19 Å². The van der Waals surface area contributed by atoms with Crippen molar-refractivity contribution in [1.29, 1.82) is 0 Å². The molecule has 0 fully saturated rings. The maximum atomic E-state index is 6.31. The number of benzene rings is 3. The summed E-state index contributed by atoms with van der Waals surface area (Å²) in [5.41, 5.74) is 5.34. The minimum atomic E-state index is -1.59. The average Bonchev–Trinajstić information content (AvgIpc) is 3.15. The smallest absolute Gasteiger partial charge is 0.227 e. The Bertz CT molecular complexity index is 1730. The Morgan fingerprint density at radius 1 is 0.727 bits per heavy atom. The molecule has 3 aromatic carbocycles. The van der Waals surface area contributed by atoms with E-state index < -0.39 is 8.07 Å². The molecule has 0 spiro atoms. The molecule has 0 bridgehead atoms. The van der Waals surface area contributed by atoms with Crippen molar-refractivity contribution in [2.45, 2.75) is 33.5 Å². The summed E-state index contributed by atoms with van der Waals surface area (Å²) in [4.78, 5) is 14.5. The predicted octanol–water partition coefficient (Wildman–Crippen LogP) is 6.91. The topological polar surface area (TPSA) is 51.8 Å². The second kappa shape index (κ2) is 6.96. The largest absolute Gasteiger partial charge is 0.437 e. The van der Waals surface area contributed by atoms with Crippen LogP contribution in [-0.4, -0.2) is 23.0 Å². The number of furan rings is 1. The van der Waals surface area contributed by atoms with Crippen LogP contribution in [0.2, 0.25) is 19.6 Å². The maximum Gasteiger partial charge on any atom is 0.227 e. The number of aryl methyl sites for hydroxylation is 2. The number of hydrogen-bond donors (Lipinski definition) is 0. The zero-order chi connectivity index (χ0) is 22.9. The van der Waals surface area contributed by atoms with Gasteiger partial charge in [-0.25, -0.2) is 15.0 Å². The molecular formula is C28H25N3OSi. The summed E-state index contributed by atoms with van der Waals surface area (Å²) < 4.78 is 6.31. The molecule has 0 unspecified atom stereocenters. The van der Waals surface area contributed by atoms with E-state index in [1.807, 2.05) is 19.9 Å². The molecular weight excluding hydrogens is 422 g/mol. The van der Waals surface area contributed by atoms with Crippen molar-refractivity contribution in [2.24, 2.45) is 0 Å². The second-order valence-corrected chi connectivity index (χ2v) is 14.9. The predicted molar refractivity (Wildman–Crippen MR) is 140 cm³/mol. The Balaban J connectivity index is 1.75. The van der Waals surface area contributed by atoms with Gasteiger partial charge in [0.25, 0.3) is 0 Å². The van der Waals surface area contributed by atoms with Crippen LogP contribution in [0.1, 0.15) is 11.5 Å². The molecule has 0 atom stereocenters. The summed E-state index contributed by atoms with van der Waals surface area (Å²) in [5.74, 6) is 0.762. The van der Waals surface area contributed by atoms with Gasteiger partial charge in [0, 0.05) is 32.8 Å². The molecule has 6 rings (SSSR count). The van der Waals surface area contributed by atoms with Crippen molar-refractivity contribution in [1.82, 2.24) is 15.0 Å². The van der Waals surface area contributed by atoms with Crippen molar-refractivity contribution in [2.75, 3.05) is 0 Å². The Kier molecular flexibility index (Phi) is 4.23. The molecule has 0 aliphatic rings. The normalized spacial score (nSPS) is 12.4. The summed E-state index contributed by atoms with van der Waals surface area (Å²) in [7, 11) is -1.59. The molecule has 5 heteroatoms. The third kappa shape index (κ3) is 3.07. The van der Waals surface area contributed by atoms with Crippen LogP contribution in [0.15, 0.2) is 65.1 Å². The van der Waals surface area contributed by atoms with Gasteiger partial charge in [-0.15, -0.1) is 0 Å². The highest BCUT2D eigenvalue weighted by Crippen LogP contribution is 2.38. The molecule has 0 aliphatic heterocycles. The van der Waals surface area contributed by atoms with Crippen LogP contribution in [0, 0.1) is 13.8 Å². The SMILES string of the molecule is Cc1ccc2c(n1)oc1c(-c3nc(C)nc4c3ccc3cccc([Si](C)(C)C)c34)cccc12. The highest BCUT2D eigenvalue weighted by molar-refractivity contribution is 6.90. The molecule has 0 N–H and O–H groups in total. The lowest BCUT2D eigenvalue weighted by atomic mass is 10.00. The quantitative estimate of drug-likeness (QED) is 0.214. The van der Waals surface area contributed by atoms with Crippen LogP contribution >= 0.6 is 0 Å². The molecule has 0 amide bonds. The first-order valence-electron chi connectivity index (χ1n) is 11.3. The van der Waals surface area contributed by atoms with Gasteiger partial charge in [0.1, 0.15) is 11.4 Å². The van der Waals surface area contributed by atoms with Gasteiger partial charge in [0.15, 0.2) is 0 Å². The first-order valence-corrected chi connectivity index (χ1v) is 14.8. The first kappa shape index (κ1) is 20.1. The van der Waals surface area contributed by atoms with E-state index in [9.17, 15) is 0 Å². The zero-order valence-corrected chi connectivity index (χ0v) is 20.5. The summed E-state index contributed by atoms with van der Waals surface area (Å²) in [5, 5.41) is 7.05. The lowest BCUT2D eigenvalue weighted by molar-refractivity contribution is 0.653. The van der Waals surface area contributed by atoms with Crippen LogP contribution in [0.3, 0.4) is 0 Å². The Hall–Kier alpha value is -3.57. The highest BCUT2D eigenvalue weighted by Gasteiger charge is 2.23. The van der Waals surface area contributed by atoms with Crippen molar-refractivity contribution in [3.8, 4) is 11.3 Å². The van der Waals surface area contributed by atoms with Crippen LogP contribution in [0.25, 0.3) is 55.0 Å². The maximum absolute atomic E-state index is 6.31. The summed E-state index contributed by atoms with van der Waals surface area (Å²) in [6, 6.07) is 21.4. The molecule has 0 aliphatic carbocycles. The van der Waals surface area contributed by atoms with Gasteiger partial charge >= 0.3 is 0 Å². The number of aromatic nitrogens is 3. The van der Waals surface area contributed by atoms with E-state index >= 15 is 0 Å². The fraction of sp³-hybridized carbons (Fsp3) is 0.179. The van der Waals surface area contributed by atoms with E-state index in [0.29, 0.717) is 5.71 Å². The van der Waals surface area contributed by atoms with Gasteiger partial charge in [-0.05, 0) is 43.5 Å². The number of hydrogen-bond acceptors (Lipinski definition) is 4. The van der Waals surface area contributed by atoms with Gasteiger partial charge in [0.2, 0.25) is 5.71 Å². The second-order valence-electron chi connectivity index (χ2n) is 9.82.